The second-order valence-corrected chi connectivity index (χ2v) is 4.54. The topological polar surface area (TPSA) is 42.0 Å². The number of hydrogen-bond acceptors (Lipinski definition) is 2. The molecule has 0 fully saturated rings. The number of carbonyl (C=O) groups excluding carboxylic acids is 1. The SMILES string of the molecule is O=C1C=C(c2ccccc2)C(c2ccncc2)CN1. The van der Waals surface area contributed by atoms with Gasteiger partial charge in [0.2, 0.25) is 5.91 Å². The van der Waals surface area contributed by atoms with Crippen LogP contribution in [0.15, 0.2) is 60.9 Å². The normalized spacial score (nSPS) is 18.6. The van der Waals surface area contributed by atoms with E-state index in [0.717, 1.165) is 11.1 Å². The summed E-state index contributed by atoms with van der Waals surface area (Å²) in [6.07, 6.45) is 5.27. The van der Waals surface area contributed by atoms with E-state index < -0.39 is 0 Å². The maximum absolute atomic E-state index is 11.6. The maximum atomic E-state index is 11.6. The first-order valence-corrected chi connectivity index (χ1v) is 6.29. The van der Waals surface area contributed by atoms with Crippen molar-refractivity contribution in [3.8, 4) is 0 Å². The van der Waals surface area contributed by atoms with Gasteiger partial charge in [0.1, 0.15) is 0 Å². The van der Waals surface area contributed by atoms with Gasteiger partial charge >= 0.3 is 0 Å². The molecule has 1 aliphatic rings. The lowest BCUT2D eigenvalue weighted by atomic mass is 9.85. The van der Waals surface area contributed by atoms with Gasteiger partial charge in [-0.1, -0.05) is 30.3 Å². The number of nitrogens with one attached hydrogen (secondary N) is 1. The van der Waals surface area contributed by atoms with E-state index in [1.54, 1.807) is 18.5 Å². The molecule has 3 nitrogen and oxygen atoms in total. The van der Waals surface area contributed by atoms with Crippen LogP contribution in [-0.2, 0) is 4.79 Å². The van der Waals surface area contributed by atoms with Crippen LogP contribution < -0.4 is 5.32 Å². The van der Waals surface area contributed by atoms with Crippen LogP contribution in [0.1, 0.15) is 17.0 Å². The van der Waals surface area contributed by atoms with Gasteiger partial charge in [0.05, 0.1) is 0 Å². The molecule has 1 aliphatic heterocycles. The van der Waals surface area contributed by atoms with Crippen molar-refractivity contribution in [3.05, 3.63) is 72.1 Å². The molecule has 1 atom stereocenters. The summed E-state index contributed by atoms with van der Waals surface area (Å²) >= 11 is 0. The summed E-state index contributed by atoms with van der Waals surface area (Å²) in [4.78, 5) is 15.7. The largest absolute Gasteiger partial charge is 0.352 e. The Hall–Kier alpha value is -2.42. The smallest absolute Gasteiger partial charge is 0.244 e. The van der Waals surface area contributed by atoms with E-state index in [-0.39, 0.29) is 11.8 Å². The highest BCUT2D eigenvalue weighted by molar-refractivity contribution is 5.98. The van der Waals surface area contributed by atoms with Crippen LogP contribution in [0.3, 0.4) is 0 Å². The third-order valence-corrected chi connectivity index (χ3v) is 3.36. The zero-order valence-electron chi connectivity index (χ0n) is 10.4. The van der Waals surface area contributed by atoms with Crippen LogP contribution in [0, 0.1) is 0 Å². The zero-order valence-corrected chi connectivity index (χ0v) is 10.4. The Morgan fingerprint density at radius 2 is 1.79 bits per heavy atom. The average Bonchev–Trinajstić information content (AvgIpc) is 2.49. The molecule has 2 aromatic rings. The van der Waals surface area contributed by atoms with Gasteiger partial charge in [-0.25, -0.2) is 0 Å². The fourth-order valence-corrected chi connectivity index (χ4v) is 2.41. The van der Waals surface area contributed by atoms with Crippen LogP contribution >= 0.6 is 0 Å². The molecule has 1 unspecified atom stereocenters. The van der Waals surface area contributed by atoms with Crippen molar-refractivity contribution in [3.63, 3.8) is 0 Å². The molecule has 1 amide bonds. The molecule has 1 aromatic carbocycles. The van der Waals surface area contributed by atoms with Gasteiger partial charge in [-0.15, -0.1) is 0 Å². The minimum atomic E-state index is -0.0239. The van der Waals surface area contributed by atoms with Crippen molar-refractivity contribution in [2.75, 3.05) is 6.54 Å². The molecule has 1 N–H and O–H groups in total. The summed E-state index contributed by atoms with van der Waals surface area (Å²) in [6.45, 7) is 0.629. The van der Waals surface area contributed by atoms with E-state index in [1.165, 1.54) is 5.56 Å². The molecule has 0 aliphatic carbocycles. The van der Waals surface area contributed by atoms with Gasteiger partial charge < -0.3 is 5.32 Å². The summed E-state index contributed by atoms with van der Waals surface area (Å²) < 4.78 is 0. The van der Waals surface area contributed by atoms with E-state index in [2.05, 4.69) is 10.3 Å². The van der Waals surface area contributed by atoms with Crippen LogP contribution in [0.4, 0.5) is 0 Å². The lowest BCUT2D eigenvalue weighted by Crippen LogP contribution is -2.32. The van der Waals surface area contributed by atoms with Crippen molar-refractivity contribution < 1.29 is 4.79 Å². The molecule has 0 spiro atoms. The molecule has 0 radical (unpaired) electrons. The zero-order chi connectivity index (χ0) is 13.1. The highest BCUT2D eigenvalue weighted by atomic mass is 16.1. The predicted molar refractivity (Wildman–Crippen MR) is 74.4 cm³/mol. The summed E-state index contributed by atoms with van der Waals surface area (Å²) in [5.74, 6) is 0.159. The van der Waals surface area contributed by atoms with Gasteiger partial charge in [-0.05, 0) is 28.8 Å². The van der Waals surface area contributed by atoms with E-state index in [1.807, 2.05) is 42.5 Å². The second kappa shape index (κ2) is 5.06. The Balaban J connectivity index is 2.04. The van der Waals surface area contributed by atoms with Crippen LogP contribution in [0.2, 0.25) is 0 Å². The first-order valence-electron chi connectivity index (χ1n) is 6.29. The molecule has 3 rings (SSSR count). The van der Waals surface area contributed by atoms with Gasteiger partial charge in [-0.2, -0.15) is 0 Å². The minimum absolute atomic E-state index is 0.0239. The van der Waals surface area contributed by atoms with Crippen LogP contribution in [-0.4, -0.2) is 17.4 Å². The molecule has 94 valence electrons. The fourth-order valence-electron chi connectivity index (χ4n) is 2.41. The highest BCUT2D eigenvalue weighted by Gasteiger charge is 2.23. The van der Waals surface area contributed by atoms with E-state index in [9.17, 15) is 4.79 Å². The molecule has 0 saturated carbocycles. The molecule has 19 heavy (non-hydrogen) atoms. The standard InChI is InChI=1S/C16H14N2O/c19-16-10-14(12-4-2-1-3-5-12)15(11-18-16)13-6-8-17-9-7-13/h1-10,15H,11H2,(H,18,19). The number of hydrogen-bond donors (Lipinski definition) is 1. The Bertz CT molecular complexity index is 605. The van der Waals surface area contributed by atoms with E-state index in [0.29, 0.717) is 6.54 Å². The molecule has 0 bridgehead atoms. The fraction of sp³-hybridized carbons (Fsp3) is 0.125. The Labute approximate surface area is 112 Å². The summed E-state index contributed by atoms with van der Waals surface area (Å²) in [7, 11) is 0. The predicted octanol–water partition coefficient (Wildman–Crippen LogP) is 2.38. The van der Waals surface area contributed by atoms with Crippen molar-refractivity contribution in [2.45, 2.75) is 5.92 Å². The third-order valence-electron chi connectivity index (χ3n) is 3.36. The maximum Gasteiger partial charge on any atom is 0.244 e. The van der Waals surface area contributed by atoms with Crippen molar-refractivity contribution >= 4 is 11.5 Å². The highest BCUT2D eigenvalue weighted by Crippen LogP contribution is 2.33. The minimum Gasteiger partial charge on any atom is -0.352 e. The van der Waals surface area contributed by atoms with Crippen LogP contribution in [0.5, 0.6) is 0 Å². The van der Waals surface area contributed by atoms with Gasteiger partial charge in [0.15, 0.2) is 0 Å². The van der Waals surface area contributed by atoms with Crippen molar-refractivity contribution in [1.29, 1.82) is 0 Å². The first-order chi connectivity index (χ1) is 9.34. The molecule has 0 saturated heterocycles. The quantitative estimate of drug-likeness (QED) is 0.889. The second-order valence-electron chi connectivity index (χ2n) is 4.54. The number of benzene rings is 1. The van der Waals surface area contributed by atoms with E-state index in [4.69, 9.17) is 0 Å². The summed E-state index contributed by atoms with van der Waals surface area (Å²) in [5, 5.41) is 2.89. The van der Waals surface area contributed by atoms with Gasteiger partial charge in [0, 0.05) is 30.9 Å². The molecular weight excluding hydrogens is 236 g/mol. The van der Waals surface area contributed by atoms with E-state index >= 15 is 0 Å². The summed E-state index contributed by atoms with van der Waals surface area (Å²) in [6, 6.07) is 14.0. The monoisotopic (exact) mass is 250 g/mol. The van der Waals surface area contributed by atoms with Gasteiger partial charge in [0.25, 0.3) is 0 Å². The molecule has 2 heterocycles. The Morgan fingerprint density at radius 1 is 1.05 bits per heavy atom. The average molecular weight is 250 g/mol. The number of pyridine rings is 1. The number of carbonyl (C=O) groups is 1. The lowest BCUT2D eigenvalue weighted by molar-refractivity contribution is -0.116. The number of rotatable bonds is 2. The van der Waals surface area contributed by atoms with Gasteiger partial charge in [-0.3, -0.25) is 9.78 Å². The van der Waals surface area contributed by atoms with Crippen LogP contribution in [0.25, 0.3) is 5.57 Å². The third kappa shape index (κ3) is 2.40. The lowest BCUT2D eigenvalue weighted by Gasteiger charge is -2.25. The first kappa shape index (κ1) is 11.7. The molecule has 3 heteroatoms. The molecular formula is C16H14N2O. The summed E-state index contributed by atoms with van der Waals surface area (Å²) in [5.41, 5.74) is 3.33. The number of nitrogens with zero attached hydrogens (tertiary/aromatic N) is 1. The molecule has 1 aromatic heterocycles. The number of amides is 1. The Kier molecular flexibility index (Phi) is 3.11. The van der Waals surface area contributed by atoms with Crippen molar-refractivity contribution in [1.82, 2.24) is 10.3 Å². The van der Waals surface area contributed by atoms with Crippen molar-refractivity contribution in [2.24, 2.45) is 0 Å². The Morgan fingerprint density at radius 3 is 2.53 bits per heavy atom. The number of aromatic nitrogens is 1.